The SMILES string of the molecule is C=CN1CCN(C(=O)OC(C)(C)C)CC1CO. The molecule has 17 heavy (non-hydrogen) atoms. The molecule has 1 N–H and O–H groups in total. The van der Waals surface area contributed by atoms with Gasteiger partial charge in [0.25, 0.3) is 0 Å². The van der Waals surface area contributed by atoms with Gasteiger partial charge >= 0.3 is 6.09 Å². The van der Waals surface area contributed by atoms with Gasteiger partial charge in [0.2, 0.25) is 0 Å². The van der Waals surface area contributed by atoms with Crippen LogP contribution in [0.3, 0.4) is 0 Å². The summed E-state index contributed by atoms with van der Waals surface area (Å²) >= 11 is 0. The molecule has 0 aromatic carbocycles. The quantitative estimate of drug-likeness (QED) is 0.786. The van der Waals surface area contributed by atoms with E-state index in [9.17, 15) is 9.90 Å². The first-order valence-corrected chi connectivity index (χ1v) is 5.84. The third-order valence-corrected chi connectivity index (χ3v) is 2.63. The van der Waals surface area contributed by atoms with Gasteiger partial charge in [-0.3, -0.25) is 0 Å². The van der Waals surface area contributed by atoms with Gasteiger partial charge in [0, 0.05) is 19.6 Å². The van der Waals surface area contributed by atoms with Crippen LogP contribution in [0.15, 0.2) is 12.8 Å². The van der Waals surface area contributed by atoms with Crippen LogP contribution in [-0.4, -0.2) is 58.9 Å². The topological polar surface area (TPSA) is 53.0 Å². The normalized spacial score (nSPS) is 21.3. The minimum atomic E-state index is -0.485. The van der Waals surface area contributed by atoms with E-state index in [1.165, 1.54) is 0 Å². The molecule has 0 spiro atoms. The van der Waals surface area contributed by atoms with E-state index in [-0.39, 0.29) is 18.7 Å². The van der Waals surface area contributed by atoms with Crippen LogP contribution in [0, 0.1) is 0 Å². The Balaban J connectivity index is 2.57. The highest BCUT2D eigenvalue weighted by Crippen LogP contribution is 2.14. The third kappa shape index (κ3) is 3.93. The highest BCUT2D eigenvalue weighted by atomic mass is 16.6. The Kier molecular flexibility index (Phi) is 4.40. The van der Waals surface area contributed by atoms with Crippen molar-refractivity contribution >= 4 is 6.09 Å². The van der Waals surface area contributed by atoms with Gasteiger partial charge in [0.1, 0.15) is 5.60 Å². The van der Waals surface area contributed by atoms with E-state index in [0.29, 0.717) is 19.6 Å². The molecule has 1 rings (SSSR count). The van der Waals surface area contributed by atoms with Crippen molar-refractivity contribution in [1.82, 2.24) is 9.80 Å². The Morgan fingerprint density at radius 1 is 1.53 bits per heavy atom. The first-order valence-electron chi connectivity index (χ1n) is 5.84. The second kappa shape index (κ2) is 5.40. The zero-order valence-corrected chi connectivity index (χ0v) is 10.8. The third-order valence-electron chi connectivity index (χ3n) is 2.63. The van der Waals surface area contributed by atoms with Crippen LogP contribution in [0.4, 0.5) is 4.79 Å². The largest absolute Gasteiger partial charge is 0.444 e. The first-order chi connectivity index (χ1) is 7.87. The van der Waals surface area contributed by atoms with Crippen LogP contribution in [0.25, 0.3) is 0 Å². The smallest absolute Gasteiger partial charge is 0.410 e. The number of hydrogen-bond donors (Lipinski definition) is 1. The summed E-state index contributed by atoms with van der Waals surface area (Å²) in [4.78, 5) is 15.4. The molecule has 0 aromatic heterocycles. The fraction of sp³-hybridized carbons (Fsp3) is 0.750. The minimum Gasteiger partial charge on any atom is -0.444 e. The lowest BCUT2D eigenvalue weighted by Crippen LogP contribution is -2.54. The lowest BCUT2D eigenvalue weighted by Gasteiger charge is -2.40. The molecular formula is C12H22N2O3. The van der Waals surface area contributed by atoms with Gasteiger partial charge in [0.05, 0.1) is 12.6 Å². The minimum absolute atomic E-state index is 0.00528. The van der Waals surface area contributed by atoms with Gasteiger partial charge in [-0.25, -0.2) is 4.79 Å². The van der Waals surface area contributed by atoms with Gasteiger partial charge in [-0.15, -0.1) is 0 Å². The van der Waals surface area contributed by atoms with Crippen molar-refractivity contribution in [1.29, 1.82) is 0 Å². The van der Waals surface area contributed by atoms with E-state index < -0.39 is 5.60 Å². The molecule has 1 unspecified atom stereocenters. The molecule has 5 heteroatoms. The number of piperazine rings is 1. The molecule has 1 atom stereocenters. The molecule has 98 valence electrons. The van der Waals surface area contributed by atoms with Crippen molar-refractivity contribution in [3.8, 4) is 0 Å². The Bertz CT molecular complexity index is 286. The maximum absolute atomic E-state index is 11.8. The molecular weight excluding hydrogens is 220 g/mol. The van der Waals surface area contributed by atoms with Crippen molar-refractivity contribution in [3.63, 3.8) is 0 Å². The van der Waals surface area contributed by atoms with Crippen molar-refractivity contribution in [2.24, 2.45) is 0 Å². The van der Waals surface area contributed by atoms with E-state index in [1.807, 2.05) is 25.7 Å². The van der Waals surface area contributed by atoms with E-state index in [1.54, 1.807) is 11.1 Å². The number of aliphatic hydroxyl groups excluding tert-OH is 1. The summed E-state index contributed by atoms with van der Waals surface area (Å²) in [6, 6.07) is -0.0891. The van der Waals surface area contributed by atoms with Crippen molar-refractivity contribution < 1.29 is 14.6 Å². The molecule has 1 aliphatic heterocycles. The van der Waals surface area contributed by atoms with Crippen LogP contribution in [0.2, 0.25) is 0 Å². The Labute approximate surface area is 103 Å². The van der Waals surface area contributed by atoms with Crippen molar-refractivity contribution in [2.75, 3.05) is 26.2 Å². The predicted octanol–water partition coefficient (Wildman–Crippen LogP) is 1.04. The van der Waals surface area contributed by atoms with E-state index in [4.69, 9.17) is 4.74 Å². The van der Waals surface area contributed by atoms with Crippen LogP contribution >= 0.6 is 0 Å². The van der Waals surface area contributed by atoms with Crippen LogP contribution < -0.4 is 0 Å². The molecule has 5 nitrogen and oxygen atoms in total. The summed E-state index contributed by atoms with van der Waals surface area (Å²) in [6.07, 6.45) is 1.38. The van der Waals surface area contributed by atoms with Gasteiger partial charge < -0.3 is 19.6 Å². The second-order valence-corrected chi connectivity index (χ2v) is 5.18. The molecule has 0 aromatic rings. The number of rotatable bonds is 2. The number of carbonyl (C=O) groups excluding carboxylic acids is 1. The first kappa shape index (κ1) is 13.8. The predicted molar refractivity (Wildman–Crippen MR) is 65.6 cm³/mol. The number of amides is 1. The Hall–Kier alpha value is -1.23. The van der Waals surface area contributed by atoms with Crippen LogP contribution in [0.1, 0.15) is 20.8 Å². The fourth-order valence-electron chi connectivity index (χ4n) is 1.76. The van der Waals surface area contributed by atoms with E-state index in [0.717, 1.165) is 0 Å². The van der Waals surface area contributed by atoms with Crippen molar-refractivity contribution in [2.45, 2.75) is 32.4 Å². The Morgan fingerprint density at radius 2 is 2.18 bits per heavy atom. The number of nitrogens with zero attached hydrogens (tertiary/aromatic N) is 2. The molecule has 1 fully saturated rings. The number of ether oxygens (including phenoxy) is 1. The average molecular weight is 242 g/mol. The fourth-order valence-corrected chi connectivity index (χ4v) is 1.76. The standard InChI is InChI=1S/C12H22N2O3/c1-5-13-6-7-14(8-10(13)9-15)11(16)17-12(2,3)4/h5,10,15H,1,6-9H2,2-4H3. The molecule has 1 saturated heterocycles. The zero-order chi connectivity index (χ0) is 13.1. The van der Waals surface area contributed by atoms with Crippen LogP contribution in [0.5, 0.6) is 0 Å². The van der Waals surface area contributed by atoms with Gasteiger partial charge in [-0.1, -0.05) is 6.58 Å². The maximum atomic E-state index is 11.8. The maximum Gasteiger partial charge on any atom is 0.410 e. The summed E-state index contributed by atoms with van der Waals surface area (Å²) < 4.78 is 5.30. The molecule has 0 saturated carbocycles. The molecule has 0 aliphatic carbocycles. The lowest BCUT2D eigenvalue weighted by atomic mass is 10.2. The second-order valence-electron chi connectivity index (χ2n) is 5.18. The molecule has 0 radical (unpaired) electrons. The monoisotopic (exact) mass is 242 g/mol. The van der Waals surface area contributed by atoms with Crippen molar-refractivity contribution in [3.05, 3.63) is 12.8 Å². The summed E-state index contributed by atoms with van der Waals surface area (Å²) in [5.74, 6) is 0. The molecule has 1 amide bonds. The number of carbonyl (C=O) groups is 1. The summed E-state index contributed by atoms with van der Waals surface area (Å²) in [7, 11) is 0. The summed E-state index contributed by atoms with van der Waals surface area (Å²) in [5, 5.41) is 9.26. The average Bonchev–Trinajstić information content (AvgIpc) is 2.25. The highest BCUT2D eigenvalue weighted by molar-refractivity contribution is 5.68. The van der Waals surface area contributed by atoms with Gasteiger partial charge in [-0.05, 0) is 27.0 Å². The van der Waals surface area contributed by atoms with E-state index >= 15 is 0 Å². The zero-order valence-electron chi connectivity index (χ0n) is 10.8. The summed E-state index contributed by atoms with van der Waals surface area (Å²) in [6.45, 7) is 11.0. The van der Waals surface area contributed by atoms with Gasteiger partial charge in [-0.2, -0.15) is 0 Å². The molecule has 1 heterocycles. The summed E-state index contributed by atoms with van der Waals surface area (Å²) in [5.41, 5.74) is -0.485. The Morgan fingerprint density at radius 3 is 2.65 bits per heavy atom. The lowest BCUT2D eigenvalue weighted by molar-refractivity contribution is 0.00450. The van der Waals surface area contributed by atoms with E-state index in [2.05, 4.69) is 6.58 Å². The van der Waals surface area contributed by atoms with Crippen LogP contribution in [-0.2, 0) is 4.74 Å². The van der Waals surface area contributed by atoms with Gasteiger partial charge in [0.15, 0.2) is 0 Å². The molecule has 0 bridgehead atoms. The molecule has 1 aliphatic rings. The number of aliphatic hydroxyl groups is 1. The number of hydrogen-bond acceptors (Lipinski definition) is 4. The highest BCUT2D eigenvalue weighted by Gasteiger charge is 2.29.